The normalized spacial score (nSPS) is 16.9. The van der Waals surface area contributed by atoms with Gasteiger partial charge in [-0.3, -0.25) is 5.41 Å². The van der Waals surface area contributed by atoms with Crippen LogP contribution >= 0.6 is 37.2 Å². The lowest BCUT2D eigenvalue weighted by molar-refractivity contribution is 0.157. The van der Waals surface area contributed by atoms with E-state index in [0.29, 0.717) is 12.3 Å². The van der Waals surface area contributed by atoms with Crippen molar-refractivity contribution in [2.75, 3.05) is 39.8 Å². The molecule has 4 nitrogen and oxygen atoms in total. The van der Waals surface area contributed by atoms with E-state index in [-0.39, 0.29) is 37.2 Å². The van der Waals surface area contributed by atoms with Crippen LogP contribution in [0.5, 0.6) is 0 Å². The molecule has 94 valence electrons. The zero-order chi connectivity index (χ0) is 8.97. The number of likely N-dealkylation sites (N-methyl/N-ethyl adjacent to an activating group) is 1. The number of hydrogen-bond donors (Lipinski definition) is 2. The lowest BCUT2D eigenvalue weighted by atomic mass is 10.3. The summed E-state index contributed by atoms with van der Waals surface area (Å²) in [6.07, 6.45) is 0.712. The monoisotopic (exact) mass is 278 g/mol. The van der Waals surface area contributed by atoms with Gasteiger partial charge in [0.1, 0.15) is 0 Å². The molecule has 0 aromatic carbocycles. The van der Waals surface area contributed by atoms with Gasteiger partial charge in [-0.2, -0.15) is 0 Å². The first-order chi connectivity index (χ1) is 5.68. The largest absolute Gasteiger partial charge is 0.388 e. The fourth-order valence-electron chi connectivity index (χ4n) is 1.35. The molecule has 1 aliphatic rings. The summed E-state index contributed by atoms with van der Waals surface area (Å²) in [5.41, 5.74) is 5.28. The van der Waals surface area contributed by atoms with Crippen molar-refractivity contribution >= 4 is 43.1 Å². The maximum Gasteiger partial charge on any atom is 0.0918 e. The summed E-state index contributed by atoms with van der Waals surface area (Å²) in [5, 5.41) is 7.09. The van der Waals surface area contributed by atoms with Crippen LogP contribution in [0.25, 0.3) is 0 Å². The van der Waals surface area contributed by atoms with Gasteiger partial charge in [0.2, 0.25) is 0 Å². The predicted molar refractivity (Wildman–Crippen MR) is 72.2 cm³/mol. The molecule has 7 heteroatoms. The van der Waals surface area contributed by atoms with Crippen molar-refractivity contribution in [2.24, 2.45) is 5.73 Å². The van der Waals surface area contributed by atoms with Gasteiger partial charge in [-0.1, -0.05) is 0 Å². The maximum absolute atomic E-state index is 7.09. The van der Waals surface area contributed by atoms with Gasteiger partial charge in [0.25, 0.3) is 0 Å². The van der Waals surface area contributed by atoms with Gasteiger partial charge >= 0.3 is 0 Å². The van der Waals surface area contributed by atoms with E-state index in [9.17, 15) is 0 Å². The first kappa shape index (κ1) is 20.6. The molecule has 0 unspecified atom stereocenters. The summed E-state index contributed by atoms with van der Waals surface area (Å²) >= 11 is 0. The number of amidine groups is 1. The molecule has 1 fully saturated rings. The van der Waals surface area contributed by atoms with Crippen LogP contribution in [0.4, 0.5) is 0 Å². The Hall–Kier alpha value is 0.260. The Kier molecular flexibility index (Phi) is 14.8. The number of nitrogens with one attached hydrogen (secondary N) is 1. The lowest BCUT2D eigenvalue weighted by Crippen LogP contribution is -2.45. The quantitative estimate of drug-likeness (QED) is 0.594. The maximum atomic E-state index is 7.09. The average Bonchev–Trinajstić information content (AvgIpc) is 2.03. The number of piperazine rings is 1. The number of halogens is 3. The van der Waals surface area contributed by atoms with Gasteiger partial charge in [0, 0.05) is 39.1 Å². The van der Waals surface area contributed by atoms with Gasteiger partial charge in [0.15, 0.2) is 0 Å². The first-order valence-corrected chi connectivity index (χ1v) is 4.42. The van der Waals surface area contributed by atoms with Crippen LogP contribution in [0, 0.1) is 5.41 Å². The molecule has 3 N–H and O–H groups in total. The second kappa shape index (κ2) is 10.8. The molecule has 15 heavy (non-hydrogen) atoms. The molecule has 0 spiro atoms. The van der Waals surface area contributed by atoms with Gasteiger partial charge in [-0.05, 0) is 7.05 Å². The molecule has 0 atom stereocenters. The van der Waals surface area contributed by atoms with E-state index in [2.05, 4.69) is 16.8 Å². The Bertz CT molecular complexity index is 160. The van der Waals surface area contributed by atoms with Gasteiger partial charge in [-0.25, -0.2) is 0 Å². The molecule has 0 amide bonds. The summed E-state index contributed by atoms with van der Waals surface area (Å²) in [6, 6.07) is 0. The molecule has 0 bridgehead atoms. The summed E-state index contributed by atoms with van der Waals surface area (Å²) in [6.45, 7) is 5.45. The molecule has 0 aliphatic carbocycles. The van der Waals surface area contributed by atoms with Crippen molar-refractivity contribution in [3.63, 3.8) is 0 Å². The van der Waals surface area contributed by atoms with E-state index < -0.39 is 0 Å². The molecule has 1 aliphatic heterocycles. The number of nitrogens with two attached hydrogens (primary N) is 1. The smallest absolute Gasteiger partial charge is 0.0918 e. The topological polar surface area (TPSA) is 56.4 Å². The summed E-state index contributed by atoms with van der Waals surface area (Å²) in [4.78, 5) is 4.69. The molecule has 1 rings (SSSR count). The van der Waals surface area contributed by atoms with Crippen molar-refractivity contribution in [2.45, 2.75) is 6.42 Å². The van der Waals surface area contributed by atoms with Crippen molar-refractivity contribution in [3.8, 4) is 0 Å². The van der Waals surface area contributed by atoms with E-state index in [1.54, 1.807) is 0 Å². The van der Waals surface area contributed by atoms with E-state index >= 15 is 0 Å². The van der Waals surface area contributed by atoms with Crippen LogP contribution in [-0.2, 0) is 0 Å². The lowest BCUT2D eigenvalue weighted by Gasteiger charge is -2.32. The molecule has 1 heterocycles. The van der Waals surface area contributed by atoms with Crippen molar-refractivity contribution in [3.05, 3.63) is 0 Å². The second-order valence-corrected chi connectivity index (χ2v) is 3.42. The third kappa shape index (κ3) is 9.20. The zero-order valence-corrected chi connectivity index (χ0v) is 11.4. The van der Waals surface area contributed by atoms with Gasteiger partial charge in [0.05, 0.1) is 5.84 Å². The highest BCUT2D eigenvalue weighted by Gasteiger charge is 2.12. The summed E-state index contributed by atoms with van der Waals surface area (Å²) in [7, 11) is 2.14. The van der Waals surface area contributed by atoms with E-state index in [0.717, 1.165) is 32.7 Å². The number of rotatable bonds is 3. The van der Waals surface area contributed by atoms with Crippen LogP contribution in [0.3, 0.4) is 0 Å². The van der Waals surface area contributed by atoms with E-state index in [1.165, 1.54) is 0 Å². The molecule has 0 aromatic rings. The summed E-state index contributed by atoms with van der Waals surface area (Å²) in [5.74, 6) is 0.300. The second-order valence-electron chi connectivity index (χ2n) is 3.42. The third-order valence-electron chi connectivity index (χ3n) is 2.29. The Morgan fingerprint density at radius 3 is 2.00 bits per heavy atom. The number of hydrogen-bond acceptors (Lipinski definition) is 3. The Morgan fingerprint density at radius 2 is 1.60 bits per heavy atom. The van der Waals surface area contributed by atoms with Crippen LogP contribution in [0.15, 0.2) is 0 Å². The Balaban J connectivity index is -0.000000480. The Labute approximate surface area is 110 Å². The first-order valence-electron chi connectivity index (χ1n) is 4.42. The predicted octanol–water partition coefficient (Wildman–Crippen LogP) is 0.825. The van der Waals surface area contributed by atoms with Crippen LogP contribution in [0.2, 0.25) is 0 Å². The van der Waals surface area contributed by atoms with Gasteiger partial charge < -0.3 is 15.5 Å². The molecule has 0 saturated carbocycles. The van der Waals surface area contributed by atoms with Crippen LogP contribution < -0.4 is 5.73 Å². The average molecular weight is 280 g/mol. The zero-order valence-electron chi connectivity index (χ0n) is 8.94. The highest BCUT2D eigenvalue weighted by molar-refractivity contribution is 5.86. The fourth-order valence-corrected chi connectivity index (χ4v) is 1.35. The Morgan fingerprint density at radius 1 is 1.13 bits per heavy atom. The minimum atomic E-state index is 0. The van der Waals surface area contributed by atoms with E-state index in [4.69, 9.17) is 11.1 Å². The number of nitrogens with zero attached hydrogens (tertiary/aromatic N) is 2. The molecular weight excluding hydrogens is 258 g/mol. The molecule has 0 radical (unpaired) electrons. The van der Waals surface area contributed by atoms with E-state index in [1.807, 2.05) is 0 Å². The highest BCUT2D eigenvalue weighted by atomic mass is 35.5. The van der Waals surface area contributed by atoms with Crippen LogP contribution in [0.1, 0.15) is 6.42 Å². The van der Waals surface area contributed by atoms with Crippen molar-refractivity contribution < 1.29 is 0 Å². The molecular formula is C8H21Cl3N4. The minimum absolute atomic E-state index is 0. The van der Waals surface area contributed by atoms with Crippen LogP contribution in [-0.4, -0.2) is 55.4 Å². The fraction of sp³-hybridized carbons (Fsp3) is 0.875. The van der Waals surface area contributed by atoms with Crippen molar-refractivity contribution in [1.82, 2.24) is 9.80 Å². The minimum Gasteiger partial charge on any atom is -0.388 e. The highest BCUT2D eigenvalue weighted by Crippen LogP contribution is 1.99. The molecule has 1 saturated heterocycles. The third-order valence-corrected chi connectivity index (χ3v) is 2.29. The summed E-state index contributed by atoms with van der Waals surface area (Å²) < 4.78 is 0. The molecule has 0 aromatic heterocycles. The van der Waals surface area contributed by atoms with Gasteiger partial charge in [-0.15, -0.1) is 37.2 Å². The standard InChI is InChI=1S/C8H18N4.3ClH/c1-11-4-6-12(7-5-11)3-2-8(9)10;;;/h2-7H2,1H3,(H3,9,10);3*1H. The SMILES string of the molecule is CN1CCN(CCC(=N)N)CC1.Cl.Cl.Cl. The van der Waals surface area contributed by atoms with Crippen molar-refractivity contribution in [1.29, 1.82) is 5.41 Å².